The second-order valence-corrected chi connectivity index (χ2v) is 21.2. The number of benzene rings is 7. The van der Waals surface area contributed by atoms with Gasteiger partial charge in [0.25, 0.3) is 0 Å². The van der Waals surface area contributed by atoms with Gasteiger partial charge in [-0.3, -0.25) is 0 Å². The highest BCUT2D eigenvalue weighted by Gasteiger charge is 2.84. The number of nitrogens with zero attached hydrogens (tertiary/aromatic N) is 1. The second-order valence-electron chi connectivity index (χ2n) is 21.2. The van der Waals surface area contributed by atoms with E-state index in [4.69, 9.17) is 0 Å². The fourth-order valence-corrected chi connectivity index (χ4v) is 15.0. The van der Waals surface area contributed by atoms with Crippen molar-refractivity contribution in [1.29, 1.82) is 0 Å². The lowest BCUT2D eigenvalue weighted by Crippen LogP contribution is -2.73. The van der Waals surface area contributed by atoms with Crippen LogP contribution in [-0.4, -0.2) is 0 Å². The minimum Gasteiger partial charge on any atom is -0.310 e. The molecule has 1 nitrogen and oxygen atoms in total. The lowest BCUT2D eigenvalue weighted by atomic mass is 9.27. The zero-order chi connectivity index (χ0) is 40.9. The van der Waals surface area contributed by atoms with Gasteiger partial charge in [0, 0.05) is 22.5 Å². The van der Waals surface area contributed by atoms with Gasteiger partial charge in [-0.2, -0.15) is 0 Å². The molecule has 61 heavy (non-hydrogen) atoms. The lowest BCUT2D eigenvalue weighted by Gasteiger charge is -2.76. The summed E-state index contributed by atoms with van der Waals surface area (Å²) in [6, 6.07) is 62.7. The number of anilines is 3. The minimum absolute atomic E-state index is 0.107. The third-order valence-electron chi connectivity index (χ3n) is 17.6. The summed E-state index contributed by atoms with van der Waals surface area (Å²) in [4.78, 5) is 2.56. The van der Waals surface area contributed by atoms with Gasteiger partial charge in [-0.1, -0.05) is 155 Å². The molecule has 4 saturated carbocycles. The summed E-state index contributed by atoms with van der Waals surface area (Å²) < 4.78 is 0. The van der Waals surface area contributed by atoms with Crippen molar-refractivity contribution in [3.63, 3.8) is 0 Å². The fourth-order valence-electron chi connectivity index (χ4n) is 15.0. The Balaban J connectivity index is 0.954. The molecule has 13 rings (SSSR count). The van der Waals surface area contributed by atoms with Crippen molar-refractivity contribution in [3.05, 3.63) is 186 Å². The minimum atomic E-state index is 0.107. The topological polar surface area (TPSA) is 3.24 Å². The predicted molar refractivity (Wildman–Crippen MR) is 254 cm³/mol. The van der Waals surface area contributed by atoms with Gasteiger partial charge in [0.2, 0.25) is 0 Å². The van der Waals surface area contributed by atoms with Crippen LogP contribution in [0, 0.1) is 29.1 Å². The molecule has 0 N–H and O–H groups in total. The molecule has 2 spiro atoms. The van der Waals surface area contributed by atoms with Crippen molar-refractivity contribution < 1.29 is 0 Å². The molecule has 0 amide bonds. The van der Waals surface area contributed by atoms with E-state index in [1.807, 2.05) is 0 Å². The first-order valence-electron chi connectivity index (χ1n) is 23.2. The quantitative estimate of drug-likeness (QED) is 0.162. The molecular formula is C60H55N. The van der Waals surface area contributed by atoms with Gasteiger partial charge in [-0.15, -0.1) is 0 Å². The highest BCUT2D eigenvalue weighted by molar-refractivity contribution is 5.89. The van der Waals surface area contributed by atoms with Crippen LogP contribution < -0.4 is 4.90 Å². The van der Waals surface area contributed by atoms with Crippen LogP contribution in [0.4, 0.5) is 17.1 Å². The maximum absolute atomic E-state index is 2.65. The van der Waals surface area contributed by atoms with Crippen LogP contribution in [0.1, 0.15) is 88.5 Å². The SMILES string of the molecule is CC1(C)CCC(C)(C)c2c(-c3cccc(N(c4ccc(-c5ccc(-c6ccccc6)cc5)cc4)c4ccc5c(c4)C4(c6ccccc6-5)C5CC6CC7CC4C75C6)c3)cccc21. The molecule has 6 aliphatic carbocycles. The van der Waals surface area contributed by atoms with Crippen LogP contribution in [0.5, 0.6) is 0 Å². The lowest BCUT2D eigenvalue weighted by molar-refractivity contribution is -0.231. The normalized spacial score (nSPS) is 27.3. The van der Waals surface area contributed by atoms with Crippen LogP contribution in [0.3, 0.4) is 0 Å². The van der Waals surface area contributed by atoms with E-state index in [9.17, 15) is 0 Å². The van der Waals surface area contributed by atoms with Gasteiger partial charge >= 0.3 is 0 Å². The van der Waals surface area contributed by atoms with E-state index in [-0.39, 0.29) is 16.2 Å². The first-order chi connectivity index (χ1) is 29.7. The van der Waals surface area contributed by atoms with E-state index in [2.05, 4.69) is 196 Å². The Morgan fingerprint density at radius 2 is 1.00 bits per heavy atom. The molecule has 4 fully saturated rings. The summed E-state index contributed by atoms with van der Waals surface area (Å²) in [5.74, 6) is 3.46. The molecule has 300 valence electrons. The summed E-state index contributed by atoms with van der Waals surface area (Å²) in [7, 11) is 0. The zero-order valence-corrected chi connectivity index (χ0v) is 36.1. The molecule has 0 heterocycles. The van der Waals surface area contributed by atoms with Crippen molar-refractivity contribution in [1.82, 2.24) is 0 Å². The zero-order valence-electron chi connectivity index (χ0n) is 36.1. The predicted octanol–water partition coefficient (Wildman–Crippen LogP) is 15.8. The smallest absolute Gasteiger partial charge is 0.0467 e. The molecule has 6 unspecified atom stereocenters. The second kappa shape index (κ2) is 12.5. The first kappa shape index (κ1) is 36.0. The molecule has 0 radical (unpaired) electrons. The Kier molecular flexibility index (Phi) is 7.37. The Bertz CT molecular complexity index is 2900. The Hall–Kier alpha value is -5.66. The van der Waals surface area contributed by atoms with Crippen molar-refractivity contribution in [3.8, 4) is 44.5 Å². The largest absolute Gasteiger partial charge is 0.310 e. The molecule has 0 aliphatic heterocycles. The van der Waals surface area contributed by atoms with E-state index < -0.39 is 0 Å². The number of hydrogen-bond donors (Lipinski definition) is 0. The van der Waals surface area contributed by atoms with Crippen LogP contribution in [0.15, 0.2) is 164 Å². The summed E-state index contributed by atoms with van der Waals surface area (Å²) >= 11 is 0. The fraction of sp³-hybridized carbons (Fsp3) is 0.300. The maximum Gasteiger partial charge on any atom is 0.0467 e. The standard InChI is InChI=1S/C60H55N/c1-57(2)30-31-58(3,4)56-48(17-11-19-52(56)57)43-14-10-15-46(34-43)61(45-26-24-42(25-27-45)41-22-20-40(21-23-41)39-12-6-5-7-13-39)47-28-29-50-49-16-8-9-18-51(49)60(53(50)36-47)54-33-38-32-44-35-55(60)59(44,54)37-38/h5-29,34,36,38,44,54-55H,30-33,35,37H2,1-4H3. The Labute approximate surface area is 362 Å². The van der Waals surface area contributed by atoms with Crippen LogP contribution in [-0.2, 0) is 16.2 Å². The van der Waals surface area contributed by atoms with Gasteiger partial charge in [0.1, 0.15) is 0 Å². The Morgan fingerprint density at radius 3 is 1.77 bits per heavy atom. The molecule has 0 saturated heterocycles. The Morgan fingerprint density at radius 1 is 0.426 bits per heavy atom. The van der Waals surface area contributed by atoms with Crippen molar-refractivity contribution >= 4 is 17.1 Å². The summed E-state index contributed by atoms with van der Waals surface area (Å²) in [6.45, 7) is 9.79. The van der Waals surface area contributed by atoms with Crippen LogP contribution >= 0.6 is 0 Å². The van der Waals surface area contributed by atoms with Gasteiger partial charge in [0.15, 0.2) is 0 Å². The third-order valence-corrected chi connectivity index (χ3v) is 17.6. The molecule has 7 aromatic rings. The number of fused-ring (bicyclic) bond motifs is 9. The molecular weight excluding hydrogens is 735 g/mol. The number of rotatable bonds is 6. The molecule has 0 aromatic heterocycles. The molecule has 6 atom stereocenters. The number of hydrogen-bond acceptors (Lipinski definition) is 1. The van der Waals surface area contributed by atoms with Crippen LogP contribution in [0.25, 0.3) is 44.5 Å². The van der Waals surface area contributed by atoms with E-state index in [0.717, 1.165) is 23.7 Å². The highest BCUT2D eigenvalue weighted by atomic mass is 15.1. The molecule has 1 heteroatoms. The van der Waals surface area contributed by atoms with Gasteiger partial charge < -0.3 is 4.90 Å². The summed E-state index contributed by atoms with van der Waals surface area (Å²) in [5.41, 5.74) is 21.6. The highest BCUT2D eigenvalue weighted by Crippen LogP contribution is 2.89. The third kappa shape index (κ3) is 4.79. The van der Waals surface area contributed by atoms with E-state index in [1.165, 1.54) is 111 Å². The van der Waals surface area contributed by atoms with Crippen molar-refractivity contribution in [2.45, 2.75) is 82.5 Å². The van der Waals surface area contributed by atoms with E-state index in [0.29, 0.717) is 5.41 Å². The molecule has 7 aromatic carbocycles. The average Bonchev–Trinajstić information content (AvgIpc) is 3.93. The van der Waals surface area contributed by atoms with E-state index >= 15 is 0 Å². The summed E-state index contributed by atoms with van der Waals surface area (Å²) in [6.07, 6.45) is 8.22. The summed E-state index contributed by atoms with van der Waals surface area (Å²) in [5, 5.41) is 0. The van der Waals surface area contributed by atoms with Gasteiger partial charge in [0.05, 0.1) is 0 Å². The average molecular weight is 790 g/mol. The molecule has 2 bridgehead atoms. The first-order valence-corrected chi connectivity index (χ1v) is 23.2. The van der Waals surface area contributed by atoms with Gasteiger partial charge in [-0.05, 0) is 182 Å². The van der Waals surface area contributed by atoms with Crippen molar-refractivity contribution in [2.75, 3.05) is 4.90 Å². The molecule has 6 aliphatic rings. The monoisotopic (exact) mass is 789 g/mol. The van der Waals surface area contributed by atoms with E-state index in [1.54, 1.807) is 11.1 Å². The van der Waals surface area contributed by atoms with Crippen molar-refractivity contribution in [2.24, 2.45) is 29.1 Å². The van der Waals surface area contributed by atoms with Crippen LogP contribution in [0.2, 0.25) is 0 Å². The maximum atomic E-state index is 2.65. The van der Waals surface area contributed by atoms with Gasteiger partial charge in [-0.25, -0.2) is 0 Å².